The summed E-state index contributed by atoms with van der Waals surface area (Å²) in [6.07, 6.45) is 3.87. The van der Waals surface area contributed by atoms with Crippen molar-refractivity contribution in [3.63, 3.8) is 0 Å². The SMILES string of the molecule is N[C@H](C[C@H](C(=O)O)C1CCCC1)C(=O)O. The maximum absolute atomic E-state index is 11.0. The van der Waals surface area contributed by atoms with E-state index >= 15 is 0 Å². The van der Waals surface area contributed by atoms with E-state index in [0.717, 1.165) is 25.7 Å². The molecule has 0 aromatic rings. The quantitative estimate of drug-likeness (QED) is 0.626. The highest BCUT2D eigenvalue weighted by molar-refractivity contribution is 5.76. The van der Waals surface area contributed by atoms with Crippen LogP contribution in [-0.4, -0.2) is 28.2 Å². The molecule has 5 heteroatoms. The van der Waals surface area contributed by atoms with Gasteiger partial charge in [0.15, 0.2) is 0 Å². The molecule has 0 aliphatic heterocycles. The molecular formula is C10H17NO4. The van der Waals surface area contributed by atoms with Gasteiger partial charge in [-0.15, -0.1) is 0 Å². The molecule has 86 valence electrons. The van der Waals surface area contributed by atoms with Gasteiger partial charge >= 0.3 is 11.9 Å². The Labute approximate surface area is 88.3 Å². The van der Waals surface area contributed by atoms with Gasteiger partial charge in [-0.1, -0.05) is 12.8 Å². The Bertz CT molecular complexity index is 248. The zero-order valence-electron chi connectivity index (χ0n) is 8.56. The first kappa shape index (κ1) is 12.0. The lowest BCUT2D eigenvalue weighted by Gasteiger charge is -2.20. The van der Waals surface area contributed by atoms with Crippen LogP contribution in [0.2, 0.25) is 0 Å². The Hall–Kier alpha value is -1.10. The summed E-state index contributed by atoms with van der Waals surface area (Å²) in [6, 6.07) is -1.06. The smallest absolute Gasteiger partial charge is 0.320 e. The zero-order valence-corrected chi connectivity index (χ0v) is 8.56. The Morgan fingerprint density at radius 1 is 1.20 bits per heavy atom. The molecule has 1 fully saturated rings. The van der Waals surface area contributed by atoms with Gasteiger partial charge < -0.3 is 15.9 Å². The average molecular weight is 215 g/mol. The molecule has 1 aliphatic carbocycles. The number of rotatable bonds is 5. The first-order valence-electron chi connectivity index (χ1n) is 5.23. The van der Waals surface area contributed by atoms with E-state index in [1.54, 1.807) is 0 Å². The third-order valence-corrected chi connectivity index (χ3v) is 3.11. The maximum atomic E-state index is 11.0. The summed E-state index contributed by atoms with van der Waals surface area (Å²) in [4.78, 5) is 21.6. The predicted molar refractivity (Wildman–Crippen MR) is 53.3 cm³/mol. The van der Waals surface area contributed by atoms with Crippen molar-refractivity contribution in [3.05, 3.63) is 0 Å². The van der Waals surface area contributed by atoms with Crippen LogP contribution in [0.5, 0.6) is 0 Å². The van der Waals surface area contributed by atoms with Gasteiger partial charge in [0.1, 0.15) is 6.04 Å². The largest absolute Gasteiger partial charge is 0.481 e. The molecule has 5 nitrogen and oxygen atoms in total. The number of aliphatic carboxylic acids is 2. The van der Waals surface area contributed by atoms with Gasteiger partial charge in [0.25, 0.3) is 0 Å². The van der Waals surface area contributed by atoms with Crippen molar-refractivity contribution in [3.8, 4) is 0 Å². The summed E-state index contributed by atoms with van der Waals surface area (Å²) in [6.45, 7) is 0. The molecule has 0 amide bonds. The van der Waals surface area contributed by atoms with Crippen molar-refractivity contribution >= 4 is 11.9 Å². The molecule has 15 heavy (non-hydrogen) atoms. The van der Waals surface area contributed by atoms with Crippen LogP contribution in [-0.2, 0) is 9.59 Å². The van der Waals surface area contributed by atoms with Crippen LogP contribution in [0.1, 0.15) is 32.1 Å². The number of carbonyl (C=O) groups is 2. The van der Waals surface area contributed by atoms with Crippen LogP contribution in [0.25, 0.3) is 0 Å². The van der Waals surface area contributed by atoms with E-state index in [0.29, 0.717) is 0 Å². The van der Waals surface area contributed by atoms with E-state index in [2.05, 4.69) is 0 Å². The number of hydrogen-bond acceptors (Lipinski definition) is 3. The average Bonchev–Trinajstić information content (AvgIpc) is 2.65. The van der Waals surface area contributed by atoms with E-state index < -0.39 is 23.9 Å². The number of nitrogens with two attached hydrogens (primary N) is 1. The molecular weight excluding hydrogens is 198 g/mol. The van der Waals surface area contributed by atoms with E-state index in [4.69, 9.17) is 15.9 Å². The van der Waals surface area contributed by atoms with Gasteiger partial charge in [0, 0.05) is 0 Å². The Balaban J connectivity index is 2.57. The molecule has 0 aromatic heterocycles. The normalized spacial score (nSPS) is 21.1. The monoisotopic (exact) mass is 215 g/mol. The summed E-state index contributed by atoms with van der Waals surface area (Å²) in [5, 5.41) is 17.7. The van der Waals surface area contributed by atoms with E-state index in [-0.39, 0.29) is 12.3 Å². The van der Waals surface area contributed by atoms with Gasteiger partial charge in [-0.05, 0) is 25.2 Å². The molecule has 0 bridgehead atoms. The molecule has 0 heterocycles. The molecule has 4 N–H and O–H groups in total. The fraction of sp³-hybridized carbons (Fsp3) is 0.800. The second kappa shape index (κ2) is 5.11. The third kappa shape index (κ3) is 3.20. The van der Waals surface area contributed by atoms with Crippen LogP contribution in [0.4, 0.5) is 0 Å². The van der Waals surface area contributed by atoms with Gasteiger partial charge in [0.05, 0.1) is 5.92 Å². The van der Waals surface area contributed by atoms with Crippen molar-refractivity contribution in [2.24, 2.45) is 17.6 Å². The summed E-state index contributed by atoms with van der Waals surface area (Å²) in [5.41, 5.74) is 5.36. The Kier molecular flexibility index (Phi) is 4.08. The lowest BCUT2D eigenvalue weighted by molar-refractivity contribution is -0.145. The summed E-state index contributed by atoms with van der Waals surface area (Å²) in [7, 11) is 0. The van der Waals surface area contributed by atoms with Gasteiger partial charge in [-0.25, -0.2) is 0 Å². The van der Waals surface area contributed by atoms with Crippen molar-refractivity contribution in [1.29, 1.82) is 0 Å². The van der Waals surface area contributed by atoms with Crippen molar-refractivity contribution < 1.29 is 19.8 Å². The van der Waals surface area contributed by atoms with Crippen molar-refractivity contribution in [2.45, 2.75) is 38.1 Å². The standard InChI is InChI=1S/C10H17NO4/c11-8(10(14)15)5-7(9(12)13)6-3-1-2-4-6/h6-8H,1-5,11H2,(H,12,13)(H,14,15)/t7-,8+/m0/s1. The molecule has 0 spiro atoms. The minimum atomic E-state index is -1.13. The summed E-state index contributed by atoms with van der Waals surface area (Å²) >= 11 is 0. The maximum Gasteiger partial charge on any atom is 0.320 e. The first-order chi connectivity index (χ1) is 7.02. The zero-order chi connectivity index (χ0) is 11.4. The topological polar surface area (TPSA) is 101 Å². The Morgan fingerprint density at radius 2 is 1.73 bits per heavy atom. The van der Waals surface area contributed by atoms with Crippen LogP contribution >= 0.6 is 0 Å². The molecule has 0 saturated heterocycles. The van der Waals surface area contributed by atoms with Gasteiger partial charge in [0.2, 0.25) is 0 Å². The number of carboxylic acid groups (broad SMARTS) is 2. The van der Waals surface area contributed by atoms with E-state index in [1.165, 1.54) is 0 Å². The van der Waals surface area contributed by atoms with Gasteiger partial charge in [-0.2, -0.15) is 0 Å². The van der Waals surface area contributed by atoms with Crippen molar-refractivity contribution in [2.75, 3.05) is 0 Å². The summed E-state index contributed by atoms with van der Waals surface area (Å²) in [5.74, 6) is -2.54. The van der Waals surface area contributed by atoms with Crippen LogP contribution in [0.3, 0.4) is 0 Å². The number of carboxylic acids is 2. The van der Waals surface area contributed by atoms with E-state index in [1.807, 2.05) is 0 Å². The molecule has 1 aliphatic rings. The second-order valence-corrected chi connectivity index (χ2v) is 4.17. The molecule has 2 atom stereocenters. The second-order valence-electron chi connectivity index (χ2n) is 4.17. The van der Waals surface area contributed by atoms with Crippen LogP contribution < -0.4 is 5.73 Å². The molecule has 0 aromatic carbocycles. The molecule has 1 saturated carbocycles. The van der Waals surface area contributed by atoms with Gasteiger partial charge in [-0.3, -0.25) is 9.59 Å². The summed E-state index contributed by atoms with van der Waals surface area (Å²) < 4.78 is 0. The minimum absolute atomic E-state index is 0.0370. The fourth-order valence-electron chi connectivity index (χ4n) is 2.23. The predicted octanol–water partition coefficient (Wildman–Crippen LogP) is 0.679. The third-order valence-electron chi connectivity index (χ3n) is 3.11. The molecule has 0 unspecified atom stereocenters. The molecule has 1 rings (SSSR count). The minimum Gasteiger partial charge on any atom is -0.481 e. The lowest BCUT2D eigenvalue weighted by Crippen LogP contribution is -2.36. The first-order valence-corrected chi connectivity index (χ1v) is 5.23. The lowest BCUT2D eigenvalue weighted by atomic mass is 9.86. The van der Waals surface area contributed by atoms with Crippen molar-refractivity contribution in [1.82, 2.24) is 0 Å². The highest BCUT2D eigenvalue weighted by Crippen LogP contribution is 2.33. The van der Waals surface area contributed by atoms with E-state index in [9.17, 15) is 9.59 Å². The van der Waals surface area contributed by atoms with Crippen LogP contribution in [0.15, 0.2) is 0 Å². The highest BCUT2D eigenvalue weighted by atomic mass is 16.4. The Morgan fingerprint density at radius 3 is 2.13 bits per heavy atom. The highest BCUT2D eigenvalue weighted by Gasteiger charge is 2.33. The van der Waals surface area contributed by atoms with Crippen LogP contribution in [0, 0.1) is 11.8 Å². The fourth-order valence-corrected chi connectivity index (χ4v) is 2.23. The molecule has 0 radical (unpaired) electrons. The number of hydrogen-bond donors (Lipinski definition) is 3.